The van der Waals surface area contributed by atoms with E-state index < -0.39 is 21.5 Å². The molecule has 1 aromatic rings. The van der Waals surface area contributed by atoms with Crippen LogP contribution < -0.4 is 0 Å². The summed E-state index contributed by atoms with van der Waals surface area (Å²) in [7, 11) is -3.20. The van der Waals surface area contributed by atoms with E-state index in [0.29, 0.717) is 18.5 Å². The van der Waals surface area contributed by atoms with E-state index in [1.807, 2.05) is 20.8 Å². The van der Waals surface area contributed by atoms with Crippen molar-refractivity contribution in [3.63, 3.8) is 0 Å². The Morgan fingerprint density at radius 1 is 1.33 bits per heavy atom. The molecule has 1 fully saturated rings. The van der Waals surface area contributed by atoms with Crippen LogP contribution in [0.1, 0.15) is 39.2 Å². The largest absolute Gasteiger partial charge is 0.508 e. The van der Waals surface area contributed by atoms with Crippen molar-refractivity contribution in [1.29, 1.82) is 0 Å². The molecular weight excluding hydrogens is 330 g/mol. The highest BCUT2D eigenvalue weighted by Crippen LogP contribution is 2.61. The van der Waals surface area contributed by atoms with E-state index in [-0.39, 0.29) is 30.5 Å². The van der Waals surface area contributed by atoms with Gasteiger partial charge in [0.1, 0.15) is 5.75 Å². The van der Waals surface area contributed by atoms with Gasteiger partial charge in [-0.15, -0.1) is 0 Å². The van der Waals surface area contributed by atoms with E-state index in [1.54, 1.807) is 12.1 Å². The van der Waals surface area contributed by atoms with Crippen LogP contribution in [-0.2, 0) is 14.5 Å². The molecule has 1 aliphatic heterocycles. The summed E-state index contributed by atoms with van der Waals surface area (Å²) >= 11 is 0. The van der Waals surface area contributed by atoms with Gasteiger partial charge in [-0.05, 0) is 44.5 Å². The lowest BCUT2D eigenvalue weighted by molar-refractivity contribution is -0.156. The third kappa shape index (κ3) is 3.69. The Balaban J connectivity index is 2.50. The summed E-state index contributed by atoms with van der Waals surface area (Å²) < 4.78 is 27.3. The Morgan fingerprint density at radius 3 is 2.50 bits per heavy atom. The van der Waals surface area contributed by atoms with Gasteiger partial charge in [-0.25, -0.2) is 0 Å². The lowest BCUT2D eigenvalue weighted by atomic mass is 10.1. The lowest BCUT2D eigenvalue weighted by Gasteiger charge is -2.55. The minimum absolute atomic E-state index is 0.0711. The molecule has 0 radical (unpaired) electrons. The lowest BCUT2D eigenvalue weighted by Crippen LogP contribution is -2.55. The van der Waals surface area contributed by atoms with Gasteiger partial charge in [0, 0.05) is 24.6 Å². The smallest absolute Gasteiger partial charge is 0.308 e. The highest BCUT2D eigenvalue weighted by atomic mass is 32.3. The molecule has 24 heavy (non-hydrogen) atoms. The van der Waals surface area contributed by atoms with Crippen LogP contribution in [0.2, 0.25) is 0 Å². The zero-order valence-corrected chi connectivity index (χ0v) is 15.3. The first kappa shape index (κ1) is 19.1. The van der Waals surface area contributed by atoms with Gasteiger partial charge in [-0.2, -0.15) is 10.6 Å². The molecule has 0 aromatic heterocycles. The first-order chi connectivity index (χ1) is 11.2. The second-order valence-corrected chi connectivity index (χ2v) is 8.86. The molecule has 2 rings (SSSR count). The number of rotatable bonds is 5. The average Bonchev–Trinajstić information content (AvgIpc) is 2.50. The average molecular weight is 357 g/mol. The van der Waals surface area contributed by atoms with Crippen LogP contribution in [0.3, 0.4) is 0 Å². The molecule has 0 spiro atoms. The van der Waals surface area contributed by atoms with Gasteiger partial charge in [-0.1, -0.05) is 6.92 Å². The quantitative estimate of drug-likeness (QED) is 0.700. The number of carbonyl (C=O) groups is 1. The van der Waals surface area contributed by atoms with Gasteiger partial charge >= 0.3 is 5.97 Å². The van der Waals surface area contributed by atoms with E-state index in [9.17, 15) is 19.0 Å². The van der Waals surface area contributed by atoms with Crippen molar-refractivity contribution < 1.29 is 23.7 Å². The second-order valence-electron chi connectivity index (χ2n) is 6.46. The minimum atomic E-state index is -3.20. The number of benzene rings is 1. The number of nitrogens with zero attached hydrogens (tertiary/aromatic N) is 1. The second kappa shape index (κ2) is 7.31. The Bertz CT molecular complexity index is 575. The molecule has 136 valence electrons. The third-order valence-corrected chi connectivity index (χ3v) is 6.63. The molecule has 1 atom stereocenters. The fourth-order valence-corrected chi connectivity index (χ4v) is 4.82. The number of ether oxygens (including phenoxy) is 1. The number of phenols is 1. The van der Waals surface area contributed by atoms with E-state index in [0.717, 1.165) is 0 Å². The summed E-state index contributed by atoms with van der Waals surface area (Å²) in [6.07, 6.45) is 0.842. The summed E-state index contributed by atoms with van der Waals surface area (Å²) in [6, 6.07) is 6.30. The van der Waals surface area contributed by atoms with Crippen molar-refractivity contribution >= 4 is 16.6 Å². The first-order valence-corrected chi connectivity index (χ1v) is 9.94. The molecule has 6 nitrogen and oxygen atoms in total. The van der Waals surface area contributed by atoms with Gasteiger partial charge in [0.05, 0.1) is 12.3 Å². The number of esters is 1. The Kier molecular flexibility index (Phi) is 5.80. The Labute approximate surface area is 144 Å². The molecule has 3 N–H and O–H groups in total. The molecular formula is C17H27NO5S. The minimum Gasteiger partial charge on any atom is -0.508 e. The molecule has 0 amide bonds. The zero-order chi connectivity index (χ0) is 18.0. The van der Waals surface area contributed by atoms with Gasteiger partial charge in [0.2, 0.25) is 4.93 Å². The van der Waals surface area contributed by atoms with Gasteiger partial charge in [-0.3, -0.25) is 18.8 Å². The maximum atomic E-state index is 12.2. The predicted octanol–water partition coefficient (Wildman–Crippen LogP) is 3.36. The number of phenolic OH excluding ortho intramolecular Hbond substituents is 1. The molecule has 1 saturated heterocycles. The summed E-state index contributed by atoms with van der Waals surface area (Å²) in [5.41, 5.74) is 0.495. The van der Waals surface area contributed by atoms with Crippen molar-refractivity contribution in [3.8, 4) is 5.75 Å². The first-order valence-electron chi connectivity index (χ1n) is 8.22. The molecule has 0 aliphatic carbocycles. The van der Waals surface area contributed by atoms with Crippen LogP contribution in [0.5, 0.6) is 5.75 Å². The molecule has 1 aliphatic rings. The third-order valence-electron chi connectivity index (χ3n) is 4.37. The number of aromatic hydroxyl groups is 1. The SMILES string of the molecule is CCCC(=O)OC1(c2ccc(O)cc2)CN(C(C)C)CCS1(O)O. The maximum absolute atomic E-state index is 12.2. The summed E-state index contributed by atoms with van der Waals surface area (Å²) in [5, 5.41) is 9.54. The fraction of sp³-hybridized carbons (Fsp3) is 0.588. The topological polar surface area (TPSA) is 90.2 Å². The van der Waals surface area contributed by atoms with E-state index >= 15 is 0 Å². The van der Waals surface area contributed by atoms with Crippen LogP contribution in [0.25, 0.3) is 0 Å². The summed E-state index contributed by atoms with van der Waals surface area (Å²) in [6.45, 7) is 6.66. The molecule has 7 heteroatoms. The number of hydrogen-bond donors (Lipinski definition) is 3. The van der Waals surface area contributed by atoms with Gasteiger partial charge < -0.3 is 9.84 Å². The maximum Gasteiger partial charge on any atom is 0.308 e. The number of hydrogen-bond acceptors (Lipinski definition) is 6. The highest BCUT2D eigenvalue weighted by Gasteiger charge is 2.52. The zero-order valence-electron chi connectivity index (χ0n) is 14.4. The fourth-order valence-electron chi connectivity index (χ4n) is 2.89. The van der Waals surface area contributed by atoms with Crippen LogP contribution >= 0.6 is 10.6 Å². The van der Waals surface area contributed by atoms with Crippen molar-refractivity contribution in [3.05, 3.63) is 29.8 Å². The monoisotopic (exact) mass is 357 g/mol. The van der Waals surface area contributed by atoms with Crippen molar-refractivity contribution in [2.24, 2.45) is 0 Å². The molecule has 0 saturated carbocycles. The van der Waals surface area contributed by atoms with Gasteiger partial charge in [0.25, 0.3) is 0 Å². The van der Waals surface area contributed by atoms with Crippen molar-refractivity contribution in [2.75, 3.05) is 18.8 Å². The molecule has 1 aromatic carbocycles. The summed E-state index contributed by atoms with van der Waals surface area (Å²) in [4.78, 5) is 12.8. The van der Waals surface area contributed by atoms with Crippen molar-refractivity contribution in [2.45, 2.75) is 44.6 Å². The normalized spacial score (nSPS) is 25.4. The van der Waals surface area contributed by atoms with Crippen LogP contribution in [0, 0.1) is 0 Å². The Hall–Kier alpha value is -1.28. The molecule has 1 heterocycles. The molecule has 1 unspecified atom stereocenters. The van der Waals surface area contributed by atoms with E-state index in [4.69, 9.17) is 4.74 Å². The Morgan fingerprint density at radius 2 is 1.96 bits per heavy atom. The predicted molar refractivity (Wildman–Crippen MR) is 95.2 cm³/mol. The van der Waals surface area contributed by atoms with E-state index in [2.05, 4.69) is 4.90 Å². The molecule has 0 bridgehead atoms. The standard InChI is InChI=1S/C17H27NO5S/c1-4-5-16(20)23-17(14-6-8-15(19)9-7-14)12-18(13(2)3)10-11-24(17,21)22/h6-9,13,19,21-22H,4-5,10-12H2,1-3H3. The number of carbonyl (C=O) groups excluding carboxylic acids is 1. The summed E-state index contributed by atoms with van der Waals surface area (Å²) in [5.74, 6) is -0.233. The highest BCUT2D eigenvalue weighted by molar-refractivity contribution is 8.25. The van der Waals surface area contributed by atoms with Crippen LogP contribution in [0.15, 0.2) is 24.3 Å². The van der Waals surface area contributed by atoms with Crippen molar-refractivity contribution in [1.82, 2.24) is 4.90 Å². The van der Waals surface area contributed by atoms with Crippen LogP contribution in [0.4, 0.5) is 0 Å². The van der Waals surface area contributed by atoms with E-state index in [1.165, 1.54) is 12.1 Å². The van der Waals surface area contributed by atoms with Gasteiger partial charge in [0.15, 0.2) is 0 Å². The van der Waals surface area contributed by atoms with Crippen LogP contribution in [-0.4, -0.2) is 50.0 Å².